The summed E-state index contributed by atoms with van der Waals surface area (Å²) in [5.74, 6) is 0. The fraction of sp³-hybridized carbons (Fsp3) is 0. The number of nitrogens with zero attached hydrogens (tertiary/aromatic N) is 2. The highest BCUT2D eigenvalue weighted by Gasteiger charge is 2.10. The van der Waals surface area contributed by atoms with Crippen LogP contribution in [0.15, 0.2) is 72.4 Å². The van der Waals surface area contributed by atoms with Crippen LogP contribution in [0.4, 0.5) is 0 Å². The summed E-state index contributed by atoms with van der Waals surface area (Å²) in [5, 5.41) is 7.49. The van der Waals surface area contributed by atoms with E-state index in [0.717, 1.165) is 11.0 Å². The monoisotopic (exact) mass is 368 g/mol. The van der Waals surface area contributed by atoms with Crippen LogP contribution in [0.2, 0.25) is 0 Å². The minimum atomic E-state index is 0.933. The van der Waals surface area contributed by atoms with E-state index in [1.165, 1.54) is 41.4 Å². The van der Waals surface area contributed by atoms with E-state index in [9.17, 15) is 0 Å². The molecule has 2 nitrogen and oxygen atoms in total. The molecule has 26 heavy (non-hydrogen) atoms. The van der Waals surface area contributed by atoms with E-state index in [1.54, 1.807) is 12.4 Å². The third-order valence-corrected chi connectivity index (χ3v) is 7.05. The van der Waals surface area contributed by atoms with Crippen LogP contribution in [0.3, 0.4) is 0 Å². The third-order valence-electron chi connectivity index (χ3n) is 4.85. The predicted molar refractivity (Wildman–Crippen MR) is 113 cm³/mol. The van der Waals surface area contributed by atoms with Crippen LogP contribution >= 0.6 is 22.7 Å². The van der Waals surface area contributed by atoms with E-state index in [2.05, 4.69) is 69.9 Å². The van der Waals surface area contributed by atoms with E-state index < -0.39 is 0 Å². The molecule has 0 saturated carbocycles. The number of hydrogen-bond donors (Lipinski definition) is 0. The van der Waals surface area contributed by atoms with Crippen molar-refractivity contribution >= 4 is 64.7 Å². The van der Waals surface area contributed by atoms with Crippen LogP contribution in [0, 0.1) is 0 Å². The first-order valence-electron chi connectivity index (χ1n) is 8.40. The minimum Gasteiger partial charge on any atom is -0.253 e. The Morgan fingerprint density at radius 1 is 0.654 bits per heavy atom. The van der Waals surface area contributed by atoms with E-state index >= 15 is 0 Å². The topological polar surface area (TPSA) is 25.8 Å². The van der Waals surface area contributed by atoms with Gasteiger partial charge in [-0.25, -0.2) is 0 Å². The highest BCUT2D eigenvalue weighted by Crippen LogP contribution is 2.40. The van der Waals surface area contributed by atoms with Gasteiger partial charge in [0, 0.05) is 37.4 Å². The molecule has 3 heterocycles. The Morgan fingerprint density at radius 2 is 1.46 bits per heavy atom. The molecule has 6 aromatic rings. The van der Waals surface area contributed by atoms with Crippen molar-refractivity contribution in [3.05, 3.63) is 72.4 Å². The molecule has 0 bridgehead atoms. The van der Waals surface area contributed by atoms with Gasteiger partial charge in [-0.1, -0.05) is 30.3 Å². The van der Waals surface area contributed by atoms with Crippen LogP contribution in [0.25, 0.3) is 52.4 Å². The molecule has 0 fully saturated rings. The summed E-state index contributed by atoms with van der Waals surface area (Å²) in [7, 11) is 0. The van der Waals surface area contributed by atoms with E-state index in [4.69, 9.17) is 0 Å². The van der Waals surface area contributed by atoms with Crippen molar-refractivity contribution in [2.45, 2.75) is 0 Å². The Bertz CT molecular complexity index is 1440. The smallest absolute Gasteiger partial charge is 0.0893 e. The number of benzene rings is 3. The molecule has 3 aromatic heterocycles. The first-order valence-corrected chi connectivity index (χ1v) is 10.1. The van der Waals surface area contributed by atoms with Crippen LogP contribution in [-0.2, 0) is 0 Å². The highest BCUT2D eigenvalue weighted by molar-refractivity contribution is 7.23. The summed E-state index contributed by atoms with van der Waals surface area (Å²) in [6.07, 6.45) is 3.48. The summed E-state index contributed by atoms with van der Waals surface area (Å²) in [4.78, 5) is 10.1. The lowest BCUT2D eigenvalue weighted by atomic mass is 10.1. The molecule has 0 aliphatic carbocycles. The van der Waals surface area contributed by atoms with Crippen molar-refractivity contribution < 1.29 is 0 Å². The van der Waals surface area contributed by atoms with Crippen LogP contribution in [0.1, 0.15) is 0 Å². The Labute approximate surface area is 157 Å². The summed E-state index contributed by atoms with van der Waals surface area (Å²) < 4.78 is 2.73. The molecule has 4 heteroatoms. The van der Waals surface area contributed by atoms with Crippen molar-refractivity contribution in [2.75, 3.05) is 0 Å². The van der Waals surface area contributed by atoms with Gasteiger partial charge in [-0.05, 0) is 46.0 Å². The second kappa shape index (κ2) is 5.34. The molecular formula is C22H12N2S2. The van der Waals surface area contributed by atoms with Gasteiger partial charge in [0.25, 0.3) is 0 Å². The highest BCUT2D eigenvalue weighted by atomic mass is 32.1. The molecule has 0 saturated heterocycles. The number of aromatic nitrogens is 2. The average Bonchev–Trinajstić information content (AvgIpc) is 3.34. The lowest BCUT2D eigenvalue weighted by Gasteiger charge is -2.01. The maximum Gasteiger partial charge on any atom is 0.0893 e. The molecule has 122 valence electrons. The molecular weight excluding hydrogens is 356 g/mol. The zero-order valence-corrected chi connectivity index (χ0v) is 15.3. The fourth-order valence-corrected chi connectivity index (χ4v) is 5.70. The molecule has 0 aliphatic rings. The quantitative estimate of drug-likeness (QED) is 0.316. The summed E-state index contributed by atoms with van der Waals surface area (Å²) >= 11 is 3.68. The van der Waals surface area contributed by atoms with Gasteiger partial charge < -0.3 is 0 Å². The van der Waals surface area contributed by atoms with Gasteiger partial charge in [0.2, 0.25) is 0 Å². The van der Waals surface area contributed by atoms with Gasteiger partial charge in [-0.3, -0.25) is 9.97 Å². The number of fused-ring (bicyclic) bond motifs is 6. The lowest BCUT2D eigenvalue weighted by molar-refractivity contribution is 1.29. The van der Waals surface area contributed by atoms with Crippen molar-refractivity contribution in [1.29, 1.82) is 0 Å². The first-order chi connectivity index (χ1) is 12.9. The van der Waals surface area contributed by atoms with Gasteiger partial charge in [-0.2, -0.15) is 0 Å². The molecule has 0 spiro atoms. The molecule has 0 N–H and O–H groups in total. The van der Waals surface area contributed by atoms with Crippen LogP contribution in [0.5, 0.6) is 0 Å². The van der Waals surface area contributed by atoms with Crippen molar-refractivity contribution in [3.63, 3.8) is 0 Å². The van der Waals surface area contributed by atoms with Crippen molar-refractivity contribution in [2.24, 2.45) is 0 Å². The van der Waals surface area contributed by atoms with E-state index in [1.807, 2.05) is 22.7 Å². The SMILES string of the molecule is c1cnc2cc(-c3cc4ccc5c(ccc6ccsc65)c4s3)ccc2n1. The van der Waals surface area contributed by atoms with Crippen LogP contribution < -0.4 is 0 Å². The maximum absolute atomic E-state index is 4.44. The van der Waals surface area contributed by atoms with Crippen molar-refractivity contribution in [1.82, 2.24) is 9.97 Å². The minimum absolute atomic E-state index is 0.933. The molecule has 0 amide bonds. The molecule has 0 aliphatic heterocycles. The molecule has 6 rings (SSSR count). The summed E-state index contributed by atoms with van der Waals surface area (Å²) in [5.41, 5.74) is 3.07. The standard InChI is InChI=1S/C22H12N2S2/c1-4-17-16(21-13(1)7-10-25-21)5-2-15-12-20(26-22(15)17)14-3-6-18-19(11-14)24-9-8-23-18/h1-12H. The van der Waals surface area contributed by atoms with E-state index in [0.29, 0.717) is 0 Å². The van der Waals surface area contributed by atoms with Gasteiger partial charge in [0.1, 0.15) is 0 Å². The van der Waals surface area contributed by atoms with Gasteiger partial charge in [0.05, 0.1) is 11.0 Å². The Kier molecular flexibility index (Phi) is 2.95. The average molecular weight is 368 g/mol. The second-order valence-corrected chi connectivity index (χ2v) is 8.32. The normalized spacial score (nSPS) is 11.8. The Hall–Kier alpha value is -2.82. The lowest BCUT2D eigenvalue weighted by Crippen LogP contribution is -1.82. The summed E-state index contributed by atoms with van der Waals surface area (Å²) in [6.45, 7) is 0. The molecule has 3 aromatic carbocycles. The molecule has 0 unspecified atom stereocenters. The second-order valence-electron chi connectivity index (χ2n) is 6.35. The summed E-state index contributed by atoms with van der Waals surface area (Å²) in [6, 6.07) is 19.8. The zero-order valence-electron chi connectivity index (χ0n) is 13.6. The fourth-order valence-electron chi connectivity index (χ4n) is 3.59. The van der Waals surface area contributed by atoms with Crippen LogP contribution in [-0.4, -0.2) is 9.97 Å². The molecule has 0 atom stereocenters. The van der Waals surface area contributed by atoms with Crippen molar-refractivity contribution in [3.8, 4) is 10.4 Å². The Morgan fingerprint density at radius 3 is 2.38 bits per heavy atom. The molecule has 0 radical (unpaired) electrons. The number of rotatable bonds is 1. The number of hydrogen-bond acceptors (Lipinski definition) is 4. The van der Waals surface area contributed by atoms with E-state index in [-0.39, 0.29) is 0 Å². The largest absolute Gasteiger partial charge is 0.253 e. The maximum atomic E-state index is 4.44. The van der Waals surface area contributed by atoms with Gasteiger partial charge in [0.15, 0.2) is 0 Å². The van der Waals surface area contributed by atoms with Gasteiger partial charge >= 0.3 is 0 Å². The Balaban J connectivity index is 1.62. The number of thiophene rings is 2. The predicted octanol–water partition coefficient (Wildman–Crippen LogP) is 6.88. The first kappa shape index (κ1) is 14.4. The zero-order chi connectivity index (χ0) is 17.1. The van der Waals surface area contributed by atoms with Gasteiger partial charge in [-0.15, -0.1) is 22.7 Å². The third kappa shape index (κ3) is 2.03.